The summed E-state index contributed by atoms with van der Waals surface area (Å²) in [5, 5.41) is 11.4. The third-order valence-electron chi connectivity index (χ3n) is 3.51. The maximum Gasteiger partial charge on any atom is 0.267 e. The number of carbonyl (C=O) groups excluding carboxylic acids is 2. The van der Waals surface area contributed by atoms with Gasteiger partial charge >= 0.3 is 0 Å². The molecule has 126 valence electrons. The van der Waals surface area contributed by atoms with Gasteiger partial charge in [-0.2, -0.15) is 0 Å². The first kappa shape index (κ1) is 17.5. The second-order valence-corrected chi connectivity index (χ2v) is 5.18. The quantitative estimate of drug-likeness (QED) is 0.249. The number of allylic oxidation sites excluding steroid dienone is 1. The molecule has 0 bridgehead atoms. The third kappa shape index (κ3) is 4.59. The largest absolute Gasteiger partial charge is 0.481 e. The van der Waals surface area contributed by atoms with Crippen molar-refractivity contribution in [1.29, 1.82) is 0 Å². The van der Waals surface area contributed by atoms with Gasteiger partial charge in [-0.3, -0.25) is 14.8 Å². The summed E-state index contributed by atoms with van der Waals surface area (Å²) in [6.07, 6.45) is 2.57. The molecule has 1 aromatic carbocycles. The fraction of sp³-hybridized carbons (Fsp3) is 0.294. The van der Waals surface area contributed by atoms with Gasteiger partial charge in [0.25, 0.3) is 11.8 Å². The number of nitrogens with two attached hydrogens (primary N) is 1. The predicted octanol–water partition coefficient (Wildman–Crippen LogP) is 0.350. The van der Waals surface area contributed by atoms with E-state index in [0.717, 1.165) is 5.57 Å². The number of hydrogen-bond donors (Lipinski definition) is 4. The number of hydrogen-bond acceptors (Lipinski definition) is 5. The Kier molecular flexibility index (Phi) is 5.95. The van der Waals surface area contributed by atoms with Crippen LogP contribution in [0.3, 0.4) is 0 Å². The molecule has 0 spiro atoms. The monoisotopic (exact) mass is 329 g/mol. The zero-order chi connectivity index (χ0) is 17.5. The Bertz CT molecular complexity index is 701. The Balaban J connectivity index is 2.01. The minimum absolute atomic E-state index is 0.269. The first-order valence-electron chi connectivity index (χ1n) is 7.38. The van der Waals surface area contributed by atoms with Crippen LogP contribution in [0.4, 0.5) is 0 Å². The Morgan fingerprint density at radius 1 is 1.38 bits per heavy atom. The molecule has 1 aliphatic rings. The second-order valence-electron chi connectivity index (χ2n) is 5.18. The second kappa shape index (κ2) is 8.15. The van der Waals surface area contributed by atoms with Gasteiger partial charge in [0, 0.05) is 5.56 Å². The highest BCUT2D eigenvalue weighted by Crippen LogP contribution is 2.23. The van der Waals surface area contributed by atoms with Gasteiger partial charge in [0.2, 0.25) is 0 Å². The van der Waals surface area contributed by atoms with Crippen LogP contribution in [0.5, 0.6) is 5.75 Å². The maximum atomic E-state index is 12.3. The normalized spacial score (nSPS) is 14.4. The Morgan fingerprint density at radius 3 is 2.58 bits per heavy atom. The SMILES string of the molecule is CC#CCOc1ccc(C(=O)NC(C(=O)NO)C(N)C2=CC2)cc1. The fourth-order valence-corrected chi connectivity index (χ4v) is 2.05. The summed E-state index contributed by atoms with van der Waals surface area (Å²) in [4.78, 5) is 24.0. The molecule has 2 unspecified atom stereocenters. The van der Waals surface area contributed by atoms with Crippen LogP contribution in [-0.2, 0) is 4.79 Å². The van der Waals surface area contributed by atoms with Gasteiger partial charge in [0.1, 0.15) is 18.4 Å². The third-order valence-corrected chi connectivity index (χ3v) is 3.51. The van der Waals surface area contributed by atoms with Gasteiger partial charge < -0.3 is 15.8 Å². The van der Waals surface area contributed by atoms with Crippen molar-refractivity contribution < 1.29 is 19.5 Å². The van der Waals surface area contributed by atoms with Gasteiger partial charge in [0.15, 0.2) is 0 Å². The smallest absolute Gasteiger partial charge is 0.267 e. The number of amides is 2. The lowest BCUT2D eigenvalue weighted by Gasteiger charge is -2.21. The minimum Gasteiger partial charge on any atom is -0.481 e. The van der Waals surface area contributed by atoms with Crippen molar-refractivity contribution in [1.82, 2.24) is 10.8 Å². The molecule has 0 saturated heterocycles. The van der Waals surface area contributed by atoms with Crippen molar-refractivity contribution in [2.24, 2.45) is 5.73 Å². The molecule has 2 amide bonds. The van der Waals surface area contributed by atoms with E-state index in [1.807, 2.05) is 6.08 Å². The van der Waals surface area contributed by atoms with Crippen LogP contribution < -0.4 is 21.3 Å². The first-order chi connectivity index (χ1) is 11.6. The number of ether oxygens (including phenoxy) is 1. The zero-order valence-corrected chi connectivity index (χ0v) is 13.2. The molecule has 0 radical (unpaired) electrons. The van der Waals surface area contributed by atoms with Crippen LogP contribution in [0.25, 0.3) is 0 Å². The van der Waals surface area contributed by atoms with Crippen molar-refractivity contribution in [2.45, 2.75) is 25.4 Å². The van der Waals surface area contributed by atoms with Crippen LogP contribution in [-0.4, -0.2) is 35.7 Å². The average Bonchev–Trinajstić information content (AvgIpc) is 3.44. The zero-order valence-electron chi connectivity index (χ0n) is 13.2. The average molecular weight is 329 g/mol. The maximum absolute atomic E-state index is 12.3. The lowest BCUT2D eigenvalue weighted by atomic mass is 10.0. The number of carbonyl (C=O) groups is 2. The van der Waals surface area contributed by atoms with E-state index in [4.69, 9.17) is 15.7 Å². The minimum atomic E-state index is -1.05. The van der Waals surface area contributed by atoms with Crippen LogP contribution in [0.15, 0.2) is 35.9 Å². The molecular weight excluding hydrogens is 310 g/mol. The molecule has 7 heteroatoms. The fourth-order valence-electron chi connectivity index (χ4n) is 2.05. The van der Waals surface area contributed by atoms with Crippen LogP contribution in [0.2, 0.25) is 0 Å². The molecule has 5 N–H and O–H groups in total. The number of benzene rings is 1. The van der Waals surface area contributed by atoms with E-state index in [0.29, 0.717) is 17.7 Å². The molecule has 2 atom stereocenters. The van der Waals surface area contributed by atoms with Gasteiger partial charge in [-0.1, -0.05) is 17.6 Å². The summed E-state index contributed by atoms with van der Waals surface area (Å²) >= 11 is 0. The van der Waals surface area contributed by atoms with E-state index in [1.54, 1.807) is 31.2 Å². The van der Waals surface area contributed by atoms with Gasteiger partial charge in [0.05, 0.1) is 6.04 Å². The summed E-state index contributed by atoms with van der Waals surface area (Å²) in [7, 11) is 0. The van der Waals surface area contributed by atoms with Crippen molar-refractivity contribution in [3.8, 4) is 17.6 Å². The Labute approximate surface area is 139 Å². The predicted molar refractivity (Wildman–Crippen MR) is 87.2 cm³/mol. The molecule has 0 fully saturated rings. The summed E-state index contributed by atoms with van der Waals surface area (Å²) in [5.41, 5.74) is 8.67. The molecule has 0 saturated carbocycles. The lowest BCUT2D eigenvalue weighted by molar-refractivity contribution is -0.131. The number of hydroxylamine groups is 1. The highest BCUT2D eigenvalue weighted by atomic mass is 16.5. The molecule has 0 aromatic heterocycles. The molecule has 1 aliphatic carbocycles. The van der Waals surface area contributed by atoms with E-state index in [1.165, 1.54) is 5.48 Å². The summed E-state index contributed by atoms with van der Waals surface area (Å²) in [6.45, 7) is 1.99. The summed E-state index contributed by atoms with van der Waals surface area (Å²) < 4.78 is 5.37. The molecule has 7 nitrogen and oxygen atoms in total. The molecule has 1 aromatic rings. The molecule has 0 heterocycles. The van der Waals surface area contributed by atoms with Gasteiger partial charge in [-0.25, -0.2) is 5.48 Å². The Morgan fingerprint density at radius 2 is 2.04 bits per heavy atom. The van der Waals surface area contributed by atoms with Gasteiger partial charge in [-0.15, -0.1) is 5.92 Å². The Hall–Kier alpha value is -2.82. The van der Waals surface area contributed by atoms with Crippen molar-refractivity contribution in [2.75, 3.05) is 6.61 Å². The highest BCUT2D eigenvalue weighted by molar-refractivity contribution is 5.97. The van der Waals surface area contributed by atoms with E-state index in [9.17, 15) is 9.59 Å². The van der Waals surface area contributed by atoms with Crippen LogP contribution >= 0.6 is 0 Å². The number of nitrogens with one attached hydrogen (secondary N) is 2. The van der Waals surface area contributed by atoms with Crippen molar-refractivity contribution >= 4 is 11.8 Å². The number of rotatable bonds is 7. The van der Waals surface area contributed by atoms with E-state index in [-0.39, 0.29) is 6.61 Å². The summed E-state index contributed by atoms with van der Waals surface area (Å²) in [5.74, 6) is 4.83. The van der Waals surface area contributed by atoms with Crippen LogP contribution in [0, 0.1) is 11.8 Å². The molecule has 0 aliphatic heterocycles. The first-order valence-corrected chi connectivity index (χ1v) is 7.38. The molecule has 2 rings (SSSR count). The standard InChI is InChI=1S/C17H19N3O4/c1-2-3-10-24-13-8-6-12(7-9-13)16(21)19-15(17(22)20-23)14(18)11-4-5-11/h4,6-9,14-15,23H,5,10,18H2,1H3,(H,19,21)(H,20,22). The highest BCUT2D eigenvalue weighted by Gasteiger charge is 2.32. The van der Waals surface area contributed by atoms with Crippen LogP contribution in [0.1, 0.15) is 23.7 Å². The van der Waals surface area contributed by atoms with Crippen molar-refractivity contribution in [3.63, 3.8) is 0 Å². The lowest BCUT2D eigenvalue weighted by Crippen LogP contribution is -2.55. The summed E-state index contributed by atoms with van der Waals surface area (Å²) in [6, 6.07) is 4.69. The van der Waals surface area contributed by atoms with E-state index >= 15 is 0 Å². The van der Waals surface area contributed by atoms with Crippen molar-refractivity contribution in [3.05, 3.63) is 41.5 Å². The molecule has 24 heavy (non-hydrogen) atoms. The van der Waals surface area contributed by atoms with E-state index in [2.05, 4.69) is 17.2 Å². The topological polar surface area (TPSA) is 114 Å². The molecular formula is C17H19N3O4. The van der Waals surface area contributed by atoms with Gasteiger partial charge in [-0.05, 0) is 37.6 Å². The van der Waals surface area contributed by atoms with E-state index < -0.39 is 23.9 Å².